The molecule has 0 aliphatic rings. The maximum Gasteiger partial charge on any atom is 0.154 e. The Labute approximate surface area is 95.3 Å². The van der Waals surface area contributed by atoms with Crippen LogP contribution in [0.4, 0.5) is 5.69 Å². The van der Waals surface area contributed by atoms with E-state index in [1.54, 1.807) is 24.3 Å². The van der Waals surface area contributed by atoms with Gasteiger partial charge < -0.3 is 16.2 Å². The summed E-state index contributed by atoms with van der Waals surface area (Å²) in [4.78, 5) is 0. The first-order valence-corrected chi connectivity index (χ1v) is 6.74. The summed E-state index contributed by atoms with van der Waals surface area (Å²) in [5.74, 6) is 0.587. The molecule has 0 fully saturated rings. The van der Waals surface area contributed by atoms with Gasteiger partial charge in [-0.2, -0.15) is 0 Å². The van der Waals surface area contributed by atoms with Crippen molar-refractivity contribution >= 4 is 15.5 Å². The van der Waals surface area contributed by atoms with Gasteiger partial charge in [0.1, 0.15) is 12.4 Å². The van der Waals surface area contributed by atoms with Crippen LogP contribution in [0.25, 0.3) is 0 Å². The molecular weight excluding hydrogens is 228 g/mol. The van der Waals surface area contributed by atoms with Crippen LogP contribution in [0.5, 0.6) is 5.75 Å². The minimum Gasteiger partial charge on any atom is -0.493 e. The Morgan fingerprint density at radius 3 is 2.31 bits per heavy atom. The van der Waals surface area contributed by atoms with Crippen LogP contribution in [0, 0.1) is 0 Å². The summed E-state index contributed by atoms with van der Waals surface area (Å²) in [6.07, 6.45) is 0. The maximum atomic E-state index is 11.3. The largest absolute Gasteiger partial charge is 0.493 e. The quantitative estimate of drug-likeness (QED) is 0.688. The number of hydrogen-bond donors (Lipinski definition) is 2. The number of sulfone groups is 1. The fraction of sp³-hybridized carbons (Fsp3) is 0.400. The molecule has 0 atom stereocenters. The van der Waals surface area contributed by atoms with Gasteiger partial charge in [0.2, 0.25) is 0 Å². The zero-order valence-corrected chi connectivity index (χ0v) is 9.74. The Morgan fingerprint density at radius 2 is 1.75 bits per heavy atom. The fourth-order valence-corrected chi connectivity index (χ4v) is 2.03. The van der Waals surface area contributed by atoms with Crippen LogP contribution in [0.15, 0.2) is 24.3 Å². The summed E-state index contributed by atoms with van der Waals surface area (Å²) in [5, 5.41) is 0. The molecule has 0 heterocycles. The highest BCUT2D eigenvalue weighted by Crippen LogP contribution is 2.12. The second-order valence-corrected chi connectivity index (χ2v) is 5.66. The minimum absolute atomic E-state index is 0.00189. The van der Waals surface area contributed by atoms with Gasteiger partial charge >= 0.3 is 0 Å². The topological polar surface area (TPSA) is 95.4 Å². The van der Waals surface area contributed by atoms with Crippen LogP contribution < -0.4 is 16.2 Å². The molecule has 1 aromatic carbocycles. The Bertz CT molecular complexity index is 414. The molecule has 0 saturated carbocycles. The maximum absolute atomic E-state index is 11.3. The van der Waals surface area contributed by atoms with Gasteiger partial charge in [0.15, 0.2) is 9.84 Å². The molecule has 0 radical (unpaired) electrons. The van der Waals surface area contributed by atoms with Crippen LogP contribution in [0.1, 0.15) is 0 Å². The van der Waals surface area contributed by atoms with Crippen molar-refractivity contribution in [3.8, 4) is 5.75 Å². The Morgan fingerprint density at radius 1 is 1.12 bits per heavy atom. The Balaban J connectivity index is 2.39. The molecule has 1 aromatic rings. The highest BCUT2D eigenvalue weighted by molar-refractivity contribution is 7.91. The molecule has 90 valence electrons. The van der Waals surface area contributed by atoms with E-state index in [-0.39, 0.29) is 24.7 Å². The van der Waals surface area contributed by atoms with E-state index in [9.17, 15) is 8.42 Å². The average molecular weight is 244 g/mol. The van der Waals surface area contributed by atoms with Crippen molar-refractivity contribution in [2.75, 3.05) is 30.4 Å². The molecule has 0 aliphatic heterocycles. The molecule has 0 saturated heterocycles. The lowest BCUT2D eigenvalue weighted by Crippen LogP contribution is -2.21. The van der Waals surface area contributed by atoms with E-state index in [1.807, 2.05) is 0 Å². The number of ether oxygens (including phenoxy) is 1. The molecule has 1 rings (SSSR count). The normalized spacial score (nSPS) is 11.3. The molecular formula is C10H16N2O3S. The van der Waals surface area contributed by atoms with Crippen molar-refractivity contribution < 1.29 is 13.2 Å². The number of hydrogen-bond acceptors (Lipinski definition) is 5. The van der Waals surface area contributed by atoms with Gasteiger partial charge in [0.05, 0.1) is 11.5 Å². The third kappa shape index (κ3) is 4.50. The second-order valence-electron chi connectivity index (χ2n) is 3.36. The lowest BCUT2D eigenvalue weighted by atomic mass is 10.3. The molecule has 6 heteroatoms. The van der Waals surface area contributed by atoms with Crippen LogP contribution in [0.3, 0.4) is 0 Å². The summed E-state index contributed by atoms with van der Waals surface area (Å²) in [7, 11) is -3.08. The van der Waals surface area contributed by atoms with Crippen LogP contribution in [-0.4, -0.2) is 33.1 Å². The van der Waals surface area contributed by atoms with E-state index in [2.05, 4.69) is 0 Å². The van der Waals surface area contributed by atoms with Crippen molar-refractivity contribution in [2.24, 2.45) is 5.73 Å². The van der Waals surface area contributed by atoms with E-state index < -0.39 is 9.84 Å². The van der Waals surface area contributed by atoms with Gasteiger partial charge in [-0.15, -0.1) is 0 Å². The fourth-order valence-electron chi connectivity index (χ4n) is 1.13. The summed E-state index contributed by atoms with van der Waals surface area (Å²) in [5.41, 5.74) is 11.3. The first-order chi connectivity index (χ1) is 7.53. The molecule has 4 N–H and O–H groups in total. The predicted molar refractivity (Wildman–Crippen MR) is 64.1 cm³/mol. The highest BCUT2D eigenvalue weighted by Gasteiger charge is 2.09. The van der Waals surface area contributed by atoms with Crippen LogP contribution in [0.2, 0.25) is 0 Å². The van der Waals surface area contributed by atoms with Crippen molar-refractivity contribution in [3.63, 3.8) is 0 Å². The second kappa shape index (κ2) is 5.72. The number of nitrogen functional groups attached to an aromatic ring is 1. The smallest absolute Gasteiger partial charge is 0.154 e. The Kier molecular flexibility index (Phi) is 4.57. The summed E-state index contributed by atoms with van der Waals surface area (Å²) < 4.78 is 27.9. The third-order valence-electron chi connectivity index (χ3n) is 1.97. The molecule has 5 nitrogen and oxygen atoms in total. The predicted octanol–water partition coefficient (Wildman–Crippen LogP) is 0.0211. The summed E-state index contributed by atoms with van der Waals surface area (Å²) in [6, 6.07) is 6.79. The molecule has 0 amide bonds. The van der Waals surface area contributed by atoms with Crippen LogP contribution >= 0.6 is 0 Å². The molecule has 0 spiro atoms. The standard InChI is InChI=1S/C10H16N2O3S/c11-5-7-16(13,14)8-6-15-10-3-1-9(12)2-4-10/h1-4H,5-8,11-12H2. The first kappa shape index (κ1) is 12.8. The Hall–Kier alpha value is -1.27. The van der Waals surface area contributed by atoms with E-state index >= 15 is 0 Å². The van der Waals surface area contributed by atoms with Crippen LogP contribution in [-0.2, 0) is 9.84 Å². The van der Waals surface area contributed by atoms with E-state index in [1.165, 1.54) is 0 Å². The van der Waals surface area contributed by atoms with Gasteiger partial charge in [0.25, 0.3) is 0 Å². The van der Waals surface area contributed by atoms with Crippen molar-refractivity contribution in [1.29, 1.82) is 0 Å². The zero-order valence-electron chi connectivity index (χ0n) is 8.93. The van der Waals surface area contributed by atoms with Gasteiger partial charge in [-0.3, -0.25) is 0 Å². The van der Waals surface area contributed by atoms with E-state index in [0.717, 1.165) is 0 Å². The van der Waals surface area contributed by atoms with Gasteiger partial charge in [-0.05, 0) is 24.3 Å². The number of nitrogens with two attached hydrogens (primary N) is 2. The molecule has 16 heavy (non-hydrogen) atoms. The molecule has 0 unspecified atom stereocenters. The SMILES string of the molecule is NCCS(=O)(=O)CCOc1ccc(N)cc1. The highest BCUT2D eigenvalue weighted by atomic mass is 32.2. The van der Waals surface area contributed by atoms with Gasteiger partial charge in [0, 0.05) is 12.2 Å². The molecule has 0 aliphatic carbocycles. The lowest BCUT2D eigenvalue weighted by molar-refractivity contribution is 0.341. The number of benzene rings is 1. The van der Waals surface area contributed by atoms with E-state index in [0.29, 0.717) is 11.4 Å². The zero-order chi connectivity index (χ0) is 12.0. The van der Waals surface area contributed by atoms with Gasteiger partial charge in [-0.1, -0.05) is 0 Å². The first-order valence-electron chi connectivity index (χ1n) is 4.92. The van der Waals surface area contributed by atoms with E-state index in [4.69, 9.17) is 16.2 Å². The third-order valence-corrected chi connectivity index (χ3v) is 3.62. The number of rotatable bonds is 6. The summed E-state index contributed by atoms with van der Waals surface area (Å²) in [6.45, 7) is 0.274. The van der Waals surface area contributed by atoms with Gasteiger partial charge in [-0.25, -0.2) is 8.42 Å². The molecule has 0 aromatic heterocycles. The monoisotopic (exact) mass is 244 g/mol. The average Bonchev–Trinajstić information content (AvgIpc) is 2.20. The minimum atomic E-state index is -3.08. The number of anilines is 1. The summed E-state index contributed by atoms with van der Waals surface area (Å²) >= 11 is 0. The van der Waals surface area contributed by atoms with Crippen molar-refractivity contribution in [3.05, 3.63) is 24.3 Å². The lowest BCUT2D eigenvalue weighted by Gasteiger charge is -2.06. The van der Waals surface area contributed by atoms with Crippen molar-refractivity contribution in [1.82, 2.24) is 0 Å². The molecule has 0 bridgehead atoms. The van der Waals surface area contributed by atoms with Crippen molar-refractivity contribution in [2.45, 2.75) is 0 Å².